The van der Waals surface area contributed by atoms with E-state index in [2.05, 4.69) is 5.32 Å². The van der Waals surface area contributed by atoms with E-state index in [0.29, 0.717) is 23.1 Å². The van der Waals surface area contributed by atoms with Crippen molar-refractivity contribution in [2.75, 3.05) is 19.5 Å². The molecule has 0 amide bonds. The summed E-state index contributed by atoms with van der Waals surface area (Å²) in [4.78, 5) is 10.2. The van der Waals surface area contributed by atoms with Crippen LogP contribution in [0.4, 0.5) is 24.5 Å². The molecule has 10 heteroatoms. The molecule has 0 atom stereocenters. The highest BCUT2D eigenvalue weighted by Crippen LogP contribution is 2.40. The second-order valence-electron chi connectivity index (χ2n) is 5.15. The number of hydrogen-bond donors (Lipinski definition) is 1. The molecule has 2 aromatic rings. The van der Waals surface area contributed by atoms with Crippen LogP contribution in [0.25, 0.3) is 0 Å². The maximum atomic E-state index is 12.9. The first-order valence-corrected chi connectivity index (χ1v) is 7.55. The fourth-order valence-electron chi connectivity index (χ4n) is 2.26. The zero-order valence-electron chi connectivity index (χ0n) is 13.7. The van der Waals surface area contributed by atoms with E-state index < -0.39 is 27.4 Å². The smallest absolute Gasteiger partial charge is 0.418 e. The summed E-state index contributed by atoms with van der Waals surface area (Å²) in [7, 11) is 2.93. The van der Waals surface area contributed by atoms with Crippen LogP contribution in [0.1, 0.15) is 11.1 Å². The summed E-state index contributed by atoms with van der Waals surface area (Å²) >= 11 is 5.64. The van der Waals surface area contributed by atoms with Gasteiger partial charge < -0.3 is 14.8 Å². The molecule has 6 nitrogen and oxygen atoms in total. The van der Waals surface area contributed by atoms with Gasteiger partial charge in [0.1, 0.15) is 5.69 Å². The fourth-order valence-corrected chi connectivity index (χ4v) is 2.53. The first-order chi connectivity index (χ1) is 12.2. The Bertz CT molecular complexity index is 828. The zero-order chi connectivity index (χ0) is 19.5. The van der Waals surface area contributed by atoms with E-state index in [9.17, 15) is 23.3 Å². The Labute approximate surface area is 151 Å². The minimum atomic E-state index is -4.79. The summed E-state index contributed by atoms with van der Waals surface area (Å²) in [6.45, 7) is 0.100. The van der Waals surface area contributed by atoms with Crippen LogP contribution in [0.2, 0.25) is 5.02 Å². The van der Waals surface area contributed by atoms with Crippen molar-refractivity contribution in [3.05, 3.63) is 56.6 Å². The van der Waals surface area contributed by atoms with Crippen molar-refractivity contribution in [1.29, 1.82) is 0 Å². The standard InChI is InChI=1S/C16H14ClF3N2O4/c1-25-14-4-3-9(5-15(14)26-2)8-21-12-7-11(17)10(16(18,19)20)6-13(12)22(23)24/h3-7,21H,8H2,1-2H3. The molecular formula is C16H14ClF3N2O4. The van der Waals surface area contributed by atoms with E-state index in [4.69, 9.17) is 21.1 Å². The Morgan fingerprint density at radius 2 is 1.81 bits per heavy atom. The van der Waals surface area contributed by atoms with E-state index in [1.165, 1.54) is 14.2 Å². The SMILES string of the molecule is COc1ccc(CNc2cc(Cl)c(C(F)(F)F)cc2[N+](=O)[O-])cc1OC. The van der Waals surface area contributed by atoms with Crippen molar-refractivity contribution in [3.8, 4) is 11.5 Å². The zero-order valence-corrected chi connectivity index (χ0v) is 14.4. The minimum absolute atomic E-state index is 0.100. The van der Waals surface area contributed by atoms with Gasteiger partial charge in [-0.05, 0) is 23.8 Å². The summed E-state index contributed by atoms with van der Waals surface area (Å²) in [6, 6.07) is 6.28. The number of rotatable bonds is 6. The summed E-state index contributed by atoms with van der Waals surface area (Å²) < 4.78 is 48.9. The van der Waals surface area contributed by atoms with E-state index in [-0.39, 0.29) is 12.2 Å². The van der Waals surface area contributed by atoms with Gasteiger partial charge in [0.05, 0.1) is 29.7 Å². The maximum absolute atomic E-state index is 12.9. The number of nitrogens with zero attached hydrogens (tertiary/aromatic N) is 1. The molecule has 1 N–H and O–H groups in total. The molecule has 0 aliphatic heterocycles. The molecule has 0 radical (unpaired) electrons. The molecule has 2 rings (SSSR count). The van der Waals surface area contributed by atoms with Crippen LogP contribution in [-0.4, -0.2) is 19.1 Å². The van der Waals surface area contributed by atoms with Crippen LogP contribution >= 0.6 is 11.6 Å². The van der Waals surface area contributed by atoms with Crippen LogP contribution in [0.5, 0.6) is 11.5 Å². The normalized spacial score (nSPS) is 11.2. The van der Waals surface area contributed by atoms with Gasteiger partial charge in [0, 0.05) is 12.6 Å². The van der Waals surface area contributed by atoms with Crippen LogP contribution < -0.4 is 14.8 Å². The molecule has 0 saturated heterocycles. The maximum Gasteiger partial charge on any atom is 0.418 e. The second-order valence-corrected chi connectivity index (χ2v) is 5.55. The van der Waals surface area contributed by atoms with Gasteiger partial charge in [-0.2, -0.15) is 13.2 Å². The van der Waals surface area contributed by atoms with Gasteiger partial charge in [0.15, 0.2) is 11.5 Å². The number of methoxy groups -OCH3 is 2. The lowest BCUT2D eigenvalue weighted by molar-refractivity contribution is -0.384. The van der Waals surface area contributed by atoms with Gasteiger partial charge >= 0.3 is 6.18 Å². The van der Waals surface area contributed by atoms with Crippen molar-refractivity contribution >= 4 is 23.0 Å². The average Bonchev–Trinajstić information content (AvgIpc) is 2.58. The Kier molecular flexibility index (Phi) is 5.81. The van der Waals surface area contributed by atoms with Crippen LogP contribution in [0.3, 0.4) is 0 Å². The van der Waals surface area contributed by atoms with Crippen molar-refractivity contribution in [2.24, 2.45) is 0 Å². The second kappa shape index (κ2) is 7.69. The number of ether oxygens (including phenoxy) is 2. The Morgan fingerprint density at radius 3 is 2.35 bits per heavy atom. The number of benzene rings is 2. The highest BCUT2D eigenvalue weighted by Gasteiger charge is 2.36. The van der Waals surface area contributed by atoms with Crippen LogP contribution in [-0.2, 0) is 12.7 Å². The molecule has 0 bridgehead atoms. The van der Waals surface area contributed by atoms with Crippen molar-refractivity contribution < 1.29 is 27.6 Å². The third-order valence-corrected chi connectivity index (χ3v) is 3.83. The number of nitro benzene ring substituents is 1. The summed E-state index contributed by atoms with van der Waals surface area (Å²) in [5, 5.41) is 13.2. The molecule has 140 valence electrons. The third kappa shape index (κ3) is 4.29. The predicted octanol–water partition coefficient (Wildman–Crippen LogP) is 4.90. The largest absolute Gasteiger partial charge is 0.493 e. The van der Waals surface area contributed by atoms with E-state index >= 15 is 0 Å². The average molecular weight is 391 g/mol. The molecule has 26 heavy (non-hydrogen) atoms. The van der Waals surface area contributed by atoms with Crippen molar-refractivity contribution in [1.82, 2.24) is 0 Å². The molecule has 0 aromatic heterocycles. The number of nitro groups is 1. The number of hydrogen-bond acceptors (Lipinski definition) is 5. The Balaban J connectivity index is 2.32. The summed E-state index contributed by atoms with van der Waals surface area (Å²) in [5.41, 5.74) is -1.43. The molecule has 0 saturated carbocycles. The number of halogens is 4. The Hall–Kier alpha value is -2.68. The van der Waals surface area contributed by atoms with Gasteiger partial charge in [0.25, 0.3) is 5.69 Å². The fraction of sp³-hybridized carbons (Fsp3) is 0.250. The van der Waals surface area contributed by atoms with Crippen molar-refractivity contribution in [2.45, 2.75) is 12.7 Å². The molecule has 0 aliphatic carbocycles. The lowest BCUT2D eigenvalue weighted by atomic mass is 10.1. The predicted molar refractivity (Wildman–Crippen MR) is 90.0 cm³/mol. The van der Waals surface area contributed by atoms with Gasteiger partial charge in [0.2, 0.25) is 0 Å². The van der Waals surface area contributed by atoms with Gasteiger partial charge in [-0.15, -0.1) is 0 Å². The highest BCUT2D eigenvalue weighted by atomic mass is 35.5. The number of alkyl halides is 3. The molecule has 2 aromatic carbocycles. The molecule has 0 spiro atoms. The van der Waals surface area contributed by atoms with E-state index in [0.717, 1.165) is 6.07 Å². The third-order valence-electron chi connectivity index (χ3n) is 3.52. The highest BCUT2D eigenvalue weighted by molar-refractivity contribution is 6.31. The van der Waals surface area contributed by atoms with Crippen molar-refractivity contribution in [3.63, 3.8) is 0 Å². The lowest BCUT2D eigenvalue weighted by Gasteiger charge is -2.13. The molecule has 0 heterocycles. The molecule has 0 fully saturated rings. The first kappa shape index (κ1) is 19.6. The molecular weight excluding hydrogens is 377 g/mol. The van der Waals surface area contributed by atoms with Crippen LogP contribution in [0.15, 0.2) is 30.3 Å². The number of nitrogens with one attached hydrogen (secondary N) is 1. The van der Waals surface area contributed by atoms with E-state index in [1.54, 1.807) is 18.2 Å². The summed E-state index contributed by atoms with van der Waals surface area (Å²) in [5.74, 6) is 0.951. The van der Waals surface area contributed by atoms with Crippen LogP contribution in [0, 0.1) is 10.1 Å². The molecule has 0 unspecified atom stereocenters. The minimum Gasteiger partial charge on any atom is -0.493 e. The summed E-state index contributed by atoms with van der Waals surface area (Å²) in [6.07, 6.45) is -4.79. The van der Waals surface area contributed by atoms with Gasteiger partial charge in [-0.25, -0.2) is 0 Å². The van der Waals surface area contributed by atoms with E-state index in [1.807, 2.05) is 0 Å². The van der Waals surface area contributed by atoms with Gasteiger partial charge in [-0.3, -0.25) is 10.1 Å². The monoisotopic (exact) mass is 390 g/mol. The quantitative estimate of drug-likeness (QED) is 0.561. The molecule has 0 aliphatic rings. The lowest BCUT2D eigenvalue weighted by Crippen LogP contribution is -2.09. The first-order valence-electron chi connectivity index (χ1n) is 7.17. The Morgan fingerprint density at radius 1 is 1.15 bits per heavy atom. The van der Waals surface area contributed by atoms with Gasteiger partial charge in [-0.1, -0.05) is 17.7 Å². The topological polar surface area (TPSA) is 73.6 Å². The number of anilines is 1.